The highest BCUT2D eigenvalue weighted by atomic mass is 16.3. The van der Waals surface area contributed by atoms with E-state index in [4.69, 9.17) is 4.42 Å². The van der Waals surface area contributed by atoms with Gasteiger partial charge < -0.3 is 9.32 Å². The minimum Gasteiger partial charge on any atom is -0.450 e. The van der Waals surface area contributed by atoms with Crippen molar-refractivity contribution < 1.29 is 9.21 Å². The fraction of sp³-hybridized carbons (Fsp3) is 0.200. The number of nitrogens with zero attached hydrogens (tertiary/aromatic N) is 3. The molecule has 0 radical (unpaired) electrons. The molecule has 2 aromatic heterocycles. The summed E-state index contributed by atoms with van der Waals surface area (Å²) in [5.74, 6) is 0.277. The lowest BCUT2D eigenvalue weighted by Crippen LogP contribution is -2.26. The van der Waals surface area contributed by atoms with Crippen molar-refractivity contribution >= 4 is 27.6 Å². The second kappa shape index (κ2) is 5.77. The first-order valence-electron chi connectivity index (χ1n) is 8.18. The van der Waals surface area contributed by atoms with Crippen molar-refractivity contribution in [3.8, 4) is 0 Å². The van der Waals surface area contributed by atoms with Crippen LogP contribution in [0.4, 0.5) is 0 Å². The molecule has 0 N–H and O–H groups in total. The number of fused-ring (bicyclic) bond motifs is 3. The van der Waals surface area contributed by atoms with Gasteiger partial charge in [0.1, 0.15) is 5.58 Å². The number of rotatable bonds is 3. The summed E-state index contributed by atoms with van der Waals surface area (Å²) >= 11 is 0. The van der Waals surface area contributed by atoms with Gasteiger partial charge in [-0.15, -0.1) is 0 Å². The third-order valence-corrected chi connectivity index (χ3v) is 4.55. The molecule has 2 heterocycles. The number of hydrogen-bond acceptors (Lipinski definition) is 3. The monoisotopic (exact) mass is 333 g/mol. The Labute approximate surface area is 145 Å². The lowest BCUT2D eigenvalue weighted by molar-refractivity contribution is 0.0755. The van der Waals surface area contributed by atoms with Gasteiger partial charge >= 0.3 is 0 Å². The summed E-state index contributed by atoms with van der Waals surface area (Å²) in [4.78, 5) is 14.5. The van der Waals surface area contributed by atoms with Crippen molar-refractivity contribution in [2.24, 2.45) is 7.05 Å². The molecule has 2 aromatic carbocycles. The van der Waals surface area contributed by atoms with E-state index in [1.165, 1.54) is 0 Å². The van der Waals surface area contributed by atoms with Gasteiger partial charge in [-0.2, -0.15) is 5.10 Å². The second-order valence-electron chi connectivity index (χ2n) is 6.40. The normalized spacial score (nSPS) is 11.3. The molecule has 0 saturated carbocycles. The van der Waals surface area contributed by atoms with E-state index in [1.807, 2.05) is 50.5 Å². The molecule has 0 unspecified atom stereocenters. The molecule has 0 atom stereocenters. The zero-order valence-electron chi connectivity index (χ0n) is 14.5. The van der Waals surface area contributed by atoms with Crippen LogP contribution >= 0.6 is 0 Å². The average molecular weight is 333 g/mol. The Morgan fingerprint density at radius 3 is 2.76 bits per heavy atom. The lowest BCUT2D eigenvalue weighted by atomic mass is 10.1. The van der Waals surface area contributed by atoms with Crippen molar-refractivity contribution in [1.29, 1.82) is 0 Å². The summed E-state index contributed by atoms with van der Waals surface area (Å²) < 4.78 is 7.75. The van der Waals surface area contributed by atoms with E-state index >= 15 is 0 Å². The van der Waals surface area contributed by atoms with Gasteiger partial charge in [-0.25, -0.2) is 0 Å². The fourth-order valence-electron chi connectivity index (χ4n) is 3.23. The van der Waals surface area contributed by atoms with Crippen LogP contribution in [0.3, 0.4) is 0 Å². The van der Waals surface area contributed by atoms with Gasteiger partial charge in [0.25, 0.3) is 5.91 Å². The number of carbonyl (C=O) groups is 1. The van der Waals surface area contributed by atoms with Crippen LogP contribution in [0.2, 0.25) is 0 Å². The van der Waals surface area contributed by atoms with E-state index in [0.29, 0.717) is 12.3 Å². The summed E-state index contributed by atoms with van der Waals surface area (Å²) in [6, 6.07) is 12.1. The lowest BCUT2D eigenvalue weighted by Gasteiger charge is -2.14. The Morgan fingerprint density at radius 2 is 2.00 bits per heavy atom. The molecule has 25 heavy (non-hydrogen) atoms. The summed E-state index contributed by atoms with van der Waals surface area (Å²) in [5.41, 5.74) is 2.63. The smallest absolute Gasteiger partial charge is 0.289 e. The van der Waals surface area contributed by atoms with Crippen LogP contribution in [0.5, 0.6) is 0 Å². The first kappa shape index (κ1) is 15.4. The van der Waals surface area contributed by atoms with Gasteiger partial charge in [0.2, 0.25) is 0 Å². The molecular formula is C20H19N3O2. The molecule has 0 aliphatic rings. The van der Waals surface area contributed by atoms with Crippen LogP contribution in [0.25, 0.3) is 21.7 Å². The van der Waals surface area contributed by atoms with Gasteiger partial charge in [-0.05, 0) is 12.3 Å². The maximum atomic E-state index is 12.9. The number of amides is 1. The number of carbonyl (C=O) groups excluding carboxylic acids is 1. The molecule has 0 aliphatic carbocycles. The van der Waals surface area contributed by atoms with Gasteiger partial charge in [0.05, 0.1) is 6.20 Å². The van der Waals surface area contributed by atoms with Gasteiger partial charge in [-0.3, -0.25) is 9.48 Å². The highest BCUT2D eigenvalue weighted by Gasteiger charge is 2.22. The largest absolute Gasteiger partial charge is 0.450 e. The molecule has 0 spiro atoms. The molecule has 4 rings (SSSR count). The maximum absolute atomic E-state index is 12.9. The highest BCUT2D eigenvalue weighted by Crippen LogP contribution is 2.32. The Bertz CT molecular complexity index is 1090. The third kappa shape index (κ3) is 2.58. The fourth-order valence-corrected chi connectivity index (χ4v) is 3.23. The Hall–Kier alpha value is -3.08. The van der Waals surface area contributed by atoms with Crippen LogP contribution in [-0.2, 0) is 13.6 Å². The average Bonchev–Trinajstić information content (AvgIpc) is 3.17. The molecule has 5 nitrogen and oxygen atoms in total. The highest BCUT2D eigenvalue weighted by molar-refractivity contribution is 6.08. The zero-order chi connectivity index (χ0) is 17.6. The van der Waals surface area contributed by atoms with Crippen LogP contribution in [0.15, 0.2) is 53.2 Å². The molecule has 0 aliphatic heterocycles. The van der Waals surface area contributed by atoms with E-state index in [2.05, 4.69) is 11.2 Å². The first-order chi connectivity index (χ1) is 12.0. The molecule has 0 saturated heterocycles. The SMILES string of the molecule is Cc1c(C(=O)N(C)Cc2cnn(C)c2)oc2c1ccc1ccccc12. The van der Waals surface area contributed by atoms with Crippen molar-refractivity contribution in [3.63, 3.8) is 0 Å². The van der Waals surface area contributed by atoms with Crippen molar-refractivity contribution in [1.82, 2.24) is 14.7 Å². The number of furan rings is 1. The quantitative estimate of drug-likeness (QED) is 0.571. The van der Waals surface area contributed by atoms with Gasteiger partial charge in [0, 0.05) is 48.7 Å². The Kier molecular flexibility index (Phi) is 3.57. The minimum atomic E-state index is -0.123. The second-order valence-corrected chi connectivity index (χ2v) is 6.40. The molecule has 0 fully saturated rings. The molecule has 5 heteroatoms. The van der Waals surface area contributed by atoms with E-state index in [9.17, 15) is 4.79 Å². The molecule has 0 bridgehead atoms. The first-order valence-corrected chi connectivity index (χ1v) is 8.18. The number of aromatic nitrogens is 2. The predicted octanol–water partition coefficient (Wildman–Crippen LogP) is 3.90. The van der Waals surface area contributed by atoms with Gasteiger partial charge in [-0.1, -0.05) is 36.4 Å². The van der Waals surface area contributed by atoms with E-state index in [1.54, 1.807) is 22.8 Å². The van der Waals surface area contributed by atoms with Crippen LogP contribution in [0.1, 0.15) is 21.7 Å². The maximum Gasteiger partial charge on any atom is 0.289 e. The molecular weight excluding hydrogens is 314 g/mol. The van der Waals surface area contributed by atoms with Crippen molar-refractivity contribution in [3.05, 3.63) is 65.7 Å². The van der Waals surface area contributed by atoms with Crippen molar-refractivity contribution in [2.75, 3.05) is 7.05 Å². The van der Waals surface area contributed by atoms with Crippen LogP contribution in [0, 0.1) is 6.92 Å². The summed E-state index contributed by atoms with van der Waals surface area (Å²) in [6.07, 6.45) is 3.67. The van der Waals surface area contributed by atoms with Crippen molar-refractivity contribution in [2.45, 2.75) is 13.5 Å². The molecule has 1 amide bonds. The van der Waals surface area contributed by atoms with Crippen LogP contribution < -0.4 is 0 Å². The Morgan fingerprint density at radius 1 is 1.20 bits per heavy atom. The third-order valence-electron chi connectivity index (χ3n) is 4.55. The van der Waals surface area contributed by atoms with Gasteiger partial charge in [0.15, 0.2) is 5.76 Å². The van der Waals surface area contributed by atoms with Crippen LogP contribution in [-0.4, -0.2) is 27.6 Å². The summed E-state index contributed by atoms with van der Waals surface area (Å²) in [5, 5.41) is 7.25. The number of aryl methyl sites for hydroxylation is 2. The summed E-state index contributed by atoms with van der Waals surface area (Å²) in [6.45, 7) is 2.43. The molecule has 4 aromatic rings. The number of hydrogen-bond donors (Lipinski definition) is 0. The number of benzene rings is 2. The minimum absolute atomic E-state index is 0.123. The van der Waals surface area contributed by atoms with E-state index < -0.39 is 0 Å². The van der Waals surface area contributed by atoms with E-state index in [0.717, 1.165) is 32.9 Å². The predicted molar refractivity (Wildman–Crippen MR) is 97.5 cm³/mol. The van der Waals surface area contributed by atoms with E-state index in [-0.39, 0.29) is 5.91 Å². The standard InChI is InChI=1S/C20H19N3O2/c1-13-16-9-8-15-6-4-5-7-17(15)19(16)25-18(13)20(24)22(2)11-14-10-21-23(3)12-14/h4-10,12H,11H2,1-3H3. The summed E-state index contributed by atoms with van der Waals surface area (Å²) in [7, 11) is 3.64. The Balaban J connectivity index is 1.74. The molecule has 126 valence electrons. The zero-order valence-corrected chi connectivity index (χ0v) is 14.5. The topological polar surface area (TPSA) is 51.3 Å².